The summed E-state index contributed by atoms with van der Waals surface area (Å²) in [5.74, 6) is 0.609. The van der Waals surface area contributed by atoms with Crippen LogP contribution in [0, 0.1) is 0 Å². The number of benzene rings is 1. The summed E-state index contributed by atoms with van der Waals surface area (Å²) in [5.41, 5.74) is 1.87. The number of Topliss-reactive ketones (excluding diaryl/α,β-unsaturated/α-hetero) is 1. The average molecular weight is 367 g/mol. The molecule has 1 aromatic carbocycles. The minimum absolute atomic E-state index is 0.00333. The fraction of sp³-hybridized carbons (Fsp3) is 0.381. The van der Waals surface area contributed by atoms with Gasteiger partial charge in [0.15, 0.2) is 12.4 Å². The van der Waals surface area contributed by atoms with Crippen LogP contribution in [0.4, 0.5) is 0 Å². The average Bonchev–Trinajstić information content (AvgIpc) is 2.93. The molecule has 1 aliphatic rings. The summed E-state index contributed by atoms with van der Waals surface area (Å²) in [5, 5.41) is 0. The van der Waals surface area contributed by atoms with E-state index in [1.807, 2.05) is 29.4 Å². The molecular formula is C21H25N3O3. The topological polar surface area (TPSA) is 62.7 Å². The second-order valence-electron chi connectivity index (χ2n) is 6.74. The van der Waals surface area contributed by atoms with Crippen molar-refractivity contribution in [3.63, 3.8) is 0 Å². The van der Waals surface area contributed by atoms with Crippen LogP contribution in [0.1, 0.15) is 29.3 Å². The Morgan fingerprint density at radius 1 is 1.00 bits per heavy atom. The maximum atomic E-state index is 12.5. The lowest BCUT2D eigenvalue weighted by molar-refractivity contribution is -0.133. The number of ketones is 1. The Balaban J connectivity index is 1.47. The van der Waals surface area contributed by atoms with Gasteiger partial charge in [-0.1, -0.05) is 0 Å². The first kappa shape index (κ1) is 19.0. The lowest BCUT2D eigenvalue weighted by Crippen LogP contribution is -2.38. The van der Waals surface area contributed by atoms with Crippen LogP contribution in [-0.4, -0.2) is 59.3 Å². The third kappa shape index (κ3) is 5.62. The van der Waals surface area contributed by atoms with E-state index in [-0.39, 0.29) is 18.3 Å². The highest BCUT2D eigenvalue weighted by Crippen LogP contribution is 2.13. The predicted octanol–water partition coefficient (Wildman–Crippen LogP) is 2.40. The van der Waals surface area contributed by atoms with Crippen molar-refractivity contribution in [3.05, 3.63) is 59.9 Å². The molecule has 0 unspecified atom stereocenters. The second-order valence-corrected chi connectivity index (χ2v) is 6.74. The monoisotopic (exact) mass is 367 g/mol. The summed E-state index contributed by atoms with van der Waals surface area (Å²) in [7, 11) is 0. The summed E-state index contributed by atoms with van der Waals surface area (Å²) in [6, 6.07) is 10.9. The predicted molar refractivity (Wildman–Crippen MR) is 103 cm³/mol. The van der Waals surface area contributed by atoms with Gasteiger partial charge >= 0.3 is 0 Å². The van der Waals surface area contributed by atoms with Gasteiger partial charge in [0.1, 0.15) is 5.75 Å². The molecule has 1 amide bonds. The maximum Gasteiger partial charge on any atom is 0.260 e. The van der Waals surface area contributed by atoms with E-state index in [0.717, 1.165) is 32.6 Å². The molecule has 0 aliphatic carbocycles. The normalized spacial score (nSPS) is 15.2. The molecule has 3 rings (SSSR count). The molecule has 6 heteroatoms. The summed E-state index contributed by atoms with van der Waals surface area (Å²) in [6.07, 6.45) is 4.57. The van der Waals surface area contributed by atoms with E-state index in [9.17, 15) is 9.59 Å². The van der Waals surface area contributed by atoms with Crippen LogP contribution in [0.25, 0.3) is 0 Å². The van der Waals surface area contributed by atoms with Gasteiger partial charge in [0, 0.05) is 50.7 Å². The zero-order valence-electron chi connectivity index (χ0n) is 15.6. The largest absolute Gasteiger partial charge is 0.484 e. The number of carbonyl (C=O) groups excluding carboxylic acids is 2. The van der Waals surface area contributed by atoms with E-state index in [1.54, 1.807) is 24.3 Å². The molecule has 1 fully saturated rings. The minimum atomic E-state index is -0.00333. The Bertz CT molecular complexity index is 762. The SMILES string of the molecule is CC(=O)c1ccc(OCC(=O)N2CCCN(Cc3ccncc3)CC2)cc1. The lowest BCUT2D eigenvalue weighted by Gasteiger charge is -2.22. The van der Waals surface area contributed by atoms with Crippen LogP contribution in [-0.2, 0) is 11.3 Å². The van der Waals surface area contributed by atoms with Crippen LogP contribution in [0.2, 0.25) is 0 Å². The molecule has 2 aromatic rings. The van der Waals surface area contributed by atoms with Crippen LogP contribution in [0.15, 0.2) is 48.8 Å². The molecule has 0 atom stereocenters. The van der Waals surface area contributed by atoms with Crippen molar-refractivity contribution in [2.45, 2.75) is 19.9 Å². The first-order chi connectivity index (χ1) is 13.1. The van der Waals surface area contributed by atoms with E-state index >= 15 is 0 Å². The van der Waals surface area contributed by atoms with Crippen molar-refractivity contribution in [1.82, 2.24) is 14.8 Å². The molecule has 0 saturated carbocycles. The lowest BCUT2D eigenvalue weighted by atomic mass is 10.1. The number of pyridine rings is 1. The standard InChI is InChI=1S/C21H25N3O3/c1-17(25)19-3-5-20(6-4-19)27-16-21(26)24-12-2-11-23(13-14-24)15-18-7-9-22-10-8-18/h3-10H,2,11-16H2,1H3. The minimum Gasteiger partial charge on any atom is -0.484 e. The van der Waals surface area contributed by atoms with Gasteiger partial charge in [-0.2, -0.15) is 0 Å². The summed E-state index contributed by atoms with van der Waals surface area (Å²) in [6.45, 7) is 5.69. The Hall–Kier alpha value is -2.73. The number of hydrogen-bond donors (Lipinski definition) is 0. The van der Waals surface area contributed by atoms with Crippen LogP contribution < -0.4 is 4.74 Å². The first-order valence-electron chi connectivity index (χ1n) is 9.24. The van der Waals surface area contributed by atoms with Gasteiger partial charge in [0.2, 0.25) is 0 Å². The van der Waals surface area contributed by atoms with Gasteiger partial charge in [-0.05, 0) is 55.3 Å². The molecule has 27 heavy (non-hydrogen) atoms. The van der Waals surface area contributed by atoms with Crippen LogP contribution >= 0.6 is 0 Å². The van der Waals surface area contributed by atoms with Gasteiger partial charge in [-0.15, -0.1) is 0 Å². The number of nitrogens with zero attached hydrogens (tertiary/aromatic N) is 3. The summed E-state index contributed by atoms with van der Waals surface area (Å²) < 4.78 is 5.60. The Morgan fingerprint density at radius 3 is 2.44 bits per heavy atom. The van der Waals surface area contributed by atoms with Crippen molar-refractivity contribution < 1.29 is 14.3 Å². The Kier molecular flexibility index (Phi) is 6.54. The fourth-order valence-corrected chi connectivity index (χ4v) is 3.15. The number of carbonyl (C=O) groups is 2. The third-order valence-corrected chi connectivity index (χ3v) is 4.72. The van der Waals surface area contributed by atoms with Gasteiger partial charge in [-0.25, -0.2) is 0 Å². The summed E-state index contributed by atoms with van der Waals surface area (Å²) in [4.78, 5) is 32.1. The Morgan fingerprint density at radius 2 is 1.74 bits per heavy atom. The highest BCUT2D eigenvalue weighted by molar-refractivity contribution is 5.94. The highest BCUT2D eigenvalue weighted by atomic mass is 16.5. The molecule has 2 heterocycles. The molecule has 0 radical (unpaired) electrons. The zero-order valence-corrected chi connectivity index (χ0v) is 15.6. The first-order valence-corrected chi connectivity index (χ1v) is 9.24. The van der Waals surface area contributed by atoms with Crippen LogP contribution in [0.3, 0.4) is 0 Å². The number of hydrogen-bond acceptors (Lipinski definition) is 5. The number of amides is 1. The number of ether oxygens (including phenoxy) is 1. The van der Waals surface area contributed by atoms with Gasteiger partial charge in [0.25, 0.3) is 5.91 Å². The van der Waals surface area contributed by atoms with E-state index < -0.39 is 0 Å². The molecule has 0 spiro atoms. The van der Waals surface area contributed by atoms with E-state index in [0.29, 0.717) is 17.9 Å². The van der Waals surface area contributed by atoms with Crippen molar-refractivity contribution in [3.8, 4) is 5.75 Å². The van der Waals surface area contributed by atoms with E-state index in [2.05, 4.69) is 9.88 Å². The van der Waals surface area contributed by atoms with Crippen molar-refractivity contribution in [2.24, 2.45) is 0 Å². The third-order valence-electron chi connectivity index (χ3n) is 4.72. The molecule has 0 N–H and O–H groups in total. The molecule has 142 valence electrons. The van der Waals surface area contributed by atoms with Crippen LogP contribution in [0.5, 0.6) is 5.75 Å². The number of aromatic nitrogens is 1. The van der Waals surface area contributed by atoms with E-state index in [4.69, 9.17) is 4.74 Å². The molecule has 1 aliphatic heterocycles. The molecular weight excluding hydrogens is 342 g/mol. The fourth-order valence-electron chi connectivity index (χ4n) is 3.15. The smallest absolute Gasteiger partial charge is 0.260 e. The van der Waals surface area contributed by atoms with E-state index in [1.165, 1.54) is 12.5 Å². The quantitative estimate of drug-likeness (QED) is 0.734. The maximum absolute atomic E-state index is 12.5. The van der Waals surface area contributed by atoms with Crippen molar-refractivity contribution in [2.75, 3.05) is 32.8 Å². The van der Waals surface area contributed by atoms with Gasteiger partial charge in [0.05, 0.1) is 0 Å². The molecule has 6 nitrogen and oxygen atoms in total. The zero-order chi connectivity index (χ0) is 19.1. The van der Waals surface area contributed by atoms with Gasteiger partial charge < -0.3 is 9.64 Å². The number of rotatable bonds is 6. The summed E-state index contributed by atoms with van der Waals surface area (Å²) >= 11 is 0. The van der Waals surface area contributed by atoms with Crippen molar-refractivity contribution >= 4 is 11.7 Å². The Labute approximate surface area is 159 Å². The van der Waals surface area contributed by atoms with Gasteiger partial charge in [-0.3, -0.25) is 19.5 Å². The van der Waals surface area contributed by atoms with Crippen molar-refractivity contribution in [1.29, 1.82) is 0 Å². The second kappa shape index (κ2) is 9.28. The molecule has 1 saturated heterocycles. The molecule has 0 bridgehead atoms. The molecule has 1 aromatic heterocycles. The highest BCUT2D eigenvalue weighted by Gasteiger charge is 2.19.